The molecule has 0 radical (unpaired) electrons. The molecule has 0 unspecified atom stereocenters. The van der Waals surface area contributed by atoms with Crippen LogP contribution in [0.5, 0.6) is 0 Å². The first-order valence-corrected chi connectivity index (χ1v) is 9.86. The maximum absolute atomic E-state index is 12.9. The van der Waals surface area contributed by atoms with Gasteiger partial charge in [0.25, 0.3) is 5.91 Å². The van der Waals surface area contributed by atoms with E-state index >= 15 is 0 Å². The van der Waals surface area contributed by atoms with Gasteiger partial charge in [0.1, 0.15) is 13.1 Å². The number of benzene rings is 1. The van der Waals surface area contributed by atoms with Gasteiger partial charge >= 0.3 is 0 Å². The zero-order chi connectivity index (χ0) is 16.3. The Hall–Kier alpha value is -1.44. The number of morpholine rings is 1. The number of hydrogen-bond donors (Lipinski definition) is 1. The average molecular weight is 339 g/mol. The molecule has 0 aromatic heterocycles. The standard InChI is InChI=1S/C16H22N2O4S/c19-16(12-17-7-9-22-10-8-17)18(14-4-2-1-3-5-14)15-6-11-23(20,21)13-15/h1-5,15H,6-13H2/p+1/t15-/m0/s1. The molecule has 2 heterocycles. The number of anilines is 1. The van der Waals surface area contributed by atoms with Crippen LogP contribution in [-0.4, -0.2) is 64.7 Å². The lowest BCUT2D eigenvalue weighted by Gasteiger charge is -2.31. The van der Waals surface area contributed by atoms with E-state index in [1.807, 2.05) is 30.3 Å². The third-order valence-corrected chi connectivity index (χ3v) is 6.23. The van der Waals surface area contributed by atoms with Crippen molar-refractivity contribution in [3.8, 4) is 0 Å². The van der Waals surface area contributed by atoms with Gasteiger partial charge in [-0.15, -0.1) is 0 Å². The number of sulfone groups is 1. The number of hydrogen-bond acceptors (Lipinski definition) is 4. The molecule has 2 fully saturated rings. The van der Waals surface area contributed by atoms with Crippen LogP contribution in [0.25, 0.3) is 0 Å². The Morgan fingerprint density at radius 3 is 2.52 bits per heavy atom. The Balaban J connectivity index is 1.78. The number of nitrogens with one attached hydrogen (secondary N) is 1. The van der Waals surface area contributed by atoms with E-state index in [0.29, 0.717) is 26.2 Å². The third kappa shape index (κ3) is 4.10. The van der Waals surface area contributed by atoms with Crippen LogP contribution in [0.4, 0.5) is 5.69 Å². The van der Waals surface area contributed by atoms with Crippen molar-refractivity contribution in [3.05, 3.63) is 30.3 Å². The SMILES string of the molecule is O=C(C[NH+]1CCOCC1)N(c1ccccc1)[C@H]1CCS(=O)(=O)C1. The molecule has 2 aliphatic rings. The maximum Gasteiger partial charge on any atom is 0.282 e. The molecule has 1 aromatic carbocycles. The molecule has 23 heavy (non-hydrogen) atoms. The highest BCUT2D eigenvalue weighted by atomic mass is 32.2. The summed E-state index contributed by atoms with van der Waals surface area (Å²) in [7, 11) is -3.04. The second-order valence-corrected chi connectivity index (χ2v) is 8.42. The van der Waals surface area contributed by atoms with Crippen LogP contribution < -0.4 is 9.80 Å². The van der Waals surface area contributed by atoms with Crippen LogP contribution in [-0.2, 0) is 19.4 Å². The molecule has 0 aliphatic carbocycles. The van der Waals surface area contributed by atoms with E-state index in [2.05, 4.69) is 0 Å². The van der Waals surface area contributed by atoms with Crippen molar-refractivity contribution in [3.63, 3.8) is 0 Å². The number of quaternary nitrogens is 1. The first-order valence-electron chi connectivity index (χ1n) is 8.04. The molecule has 0 bridgehead atoms. The maximum atomic E-state index is 12.9. The van der Waals surface area contributed by atoms with Crippen molar-refractivity contribution >= 4 is 21.4 Å². The Morgan fingerprint density at radius 2 is 1.91 bits per heavy atom. The molecular weight excluding hydrogens is 316 g/mol. The fourth-order valence-corrected chi connectivity index (χ4v) is 4.96. The van der Waals surface area contributed by atoms with Crippen molar-refractivity contribution < 1.29 is 22.8 Å². The van der Waals surface area contributed by atoms with Crippen molar-refractivity contribution in [2.45, 2.75) is 12.5 Å². The van der Waals surface area contributed by atoms with Crippen molar-refractivity contribution in [1.29, 1.82) is 0 Å². The van der Waals surface area contributed by atoms with Gasteiger partial charge in [0.05, 0.1) is 30.8 Å². The zero-order valence-electron chi connectivity index (χ0n) is 13.1. The number of amides is 1. The van der Waals surface area contributed by atoms with E-state index in [4.69, 9.17) is 4.74 Å². The number of para-hydroxylation sites is 1. The minimum atomic E-state index is -3.04. The Kier molecular flexibility index (Phi) is 4.99. The van der Waals surface area contributed by atoms with Crippen molar-refractivity contribution in [1.82, 2.24) is 0 Å². The fraction of sp³-hybridized carbons (Fsp3) is 0.562. The molecule has 7 heteroatoms. The third-order valence-electron chi connectivity index (χ3n) is 4.48. The quantitative estimate of drug-likeness (QED) is 0.774. The lowest BCUT2D eigenvalue weighted by Crippen LogP contribution is -3.15. The second-order valence-electron chi connectivity index (χ2n) is 6.20. The fourth-order valence-electron chi connectivity index (χ4n) is 3.26. The van der Waals surface area contributed by atoms with Crippen LogP contribution in [0.3, 0.4) is 0 Å². The van der Waals surface area contributed by atoms with Gasteiger partial charge in [-0.3, -0.25) is 4.79 Å². The Bertz CT molecular complexity index is 641. The lowest BCUT2D eigenvalue weighted by atomic mass is 10.1. The van der Waals surface area contributed by atoms with Gasteiger partial charge in [0.15, 0.2) is 16.4 Å². The second kappa shape index (κ2) is 6.98. The van der Waals surface area contributed by atoms with Crippen LogP contribution in [0, 0.1) is 0 Å². The highest BCUT2D eigenvalue weighted by molar-refractivity contribution is 7.91. The largest absolute Gasteiger partial charge is 0.370 e. The van der Waals surface area contributed by atoms with Gasteiger partial charge in [0, 0.05) is 5.69 Å². The van der Waals surface area contributed by atoms with Crippen LogP contribution in [0.2, 0.25) is 0 Å². The van der Waals surface area contributed by atoms with Gasteiger partial charge in [-0.25, -0.2) is 8.42 Å². The zero-order valence-corrected chi connectivity index (χ0v) is 13.9. The van der Waals surface area contributed by atoms with E-state index < -0.39 is 9.84 Å². The summed E-state index contributed by atoms with van der Waals surface area (Å²) in [5.74, 6) is 0.223. The van der Waals surface area contributed by atoms with E-state index in [-0.39, 0.29) is 23.5 Å². The monoisotopic (exact) mass is 339 g/mol. The molecular formula is C16H23N2O4S+. The molecule has 0 saturated carbocycles. The summed E-state index contributed by atoms with van der Waals surface area (Å²) < 4.78 is 29.0. The highest BCUT2D eigenvalue weighted by Crippen LogP contribution is 2.24. The average Bonchev–Trinajstić information content (AvgIpc) is 2.89. The molecule has 1 N–H and O–H groups in total. The Morgan fingerprint density at radius 1 is 1.22 bits per heavy atom. The predicted octanol–water partition coefficient (Wildman–Crippen LogP) is -0.878. The molecule has 2 aliphatic heterocycles. The summed E-state index contributed by atoms with van der Waals surface area (Å²) in [6.07, 6.45) is 0.515. The predicted molar refractivity (Wildman–Crippen MR) is 87.4 cm³/mol. The molecule has 2 saturated heterocycles. The van der Waals surface area contributed by atoms with Crippen LogP contribution in [0.15, 0.2) is 30.3 Å². The van der Waals surface area contributed by atoms with E-state index in [0.717, 1.165) is 18.8 Å². The van der Waals surface area contributed by atoms with E-state index in [1.54, 1.807) is 4.90 Å². The van der Waals surface area contributed by atoms with Crippen molar-refractivity contribution in [2.24, 2.45) is 0 Å². The highest BCUT2D eigenvalue weighted by Gasteiger charge is 2.36. The molecule has 1 atom stereocenters. The summed E-state index contributed by atoms with van der Waals surface area (Å²) in [6, 6.07) is 9.14. The van der Waals surface area contributed by atoms with Crippen LogP contribution in [0.1, 0.15) is 6.42 Å². The summed E-state index contributed by atoms with van der Waals surface area (Å²) in [4.78, 5) is 15.8. The summed E-state index contributed by atoms with van der Waals surface area (Å²) >= 11 is 0. The van der Waals surface area contributed by atoms with E-state index in [1.165, 1.54) is 4.90 Å². The van der Waals surface area contributed by atoms with Gasteiger partial charge in [-0.05, 0) is 18.6 Å². The minimum Gasteiger partial charge on any atom is -0.370 e. The van der Waals surface area contributed by atoms with Crippen LogP contribution >= 0.6 is 0 Å². The first-order chi connectivity index (χ1) is 11.1. The number of carbonyl (C=O) groups excluding carboxylic acids is 1. The first kappa shape index (κ1) is 16.4. The van der Waals surface area contributed by atoms with Gasteiger partial charge < -0.3 is 14.5 Å². The molecule has 1 amide bonds. The number of carbonyl (C=O) groups is 1. The summed E-state index contributed by atoms with van der Waals surface area (Å²) in [5, 5.41) is 0. The number of nitrogens with zero attached hydrogens (tertiary/aromatic N) is 1. The molecule has 3 rings (SSSR count). The summed E-state index contributed by atoms with van der Waals surface area (Å²) in [5.41, 5.74) is 0.784. The molecule has 0 spiro atoms. The van der Waals surface area contributed by atoms with E-state index in [9.17, 15) is 13.2 Å². The smallest absolute Gasteiger partial charge is 0.282 e. The minimum absolute atomic E-state index is 0.00444. The van der Waals surface area contributed by atoms with Gasteiger partial charge in [0.2, 0.25) is 0 Å². The summed E-state index contributed by atoms with van der Waals surface area (Å²) in [6.45, 7) is 3.36. The molecule has 6 nitrogen and oxygen atoms in total. The lowest BCUT2D eigenvalue weighted by molar-refractivity contribution is -0.900. The Labute approximate surface area is 136 Å². The van der Waals surface area contributed by atoms with Gasteiger partial charge in [-0.1, -0.05) is 18.2 Å². The van der Waals surface area contributed by atoms with Crippen molar-refractivity contribution in [2.75, 3.05) is 49.3 Å². The normalized spacial score (nSPS) is 24.4. The molecule has 1 aromatic rings. The number of rotatable bonds is 4. The molecule has 126 valence electrons. The number of ether oxygens (including phenoxy) is 1. The van der Waals surface area contributed by atoms with Gasteiger partial charge in [-0.2, -0.15) is 0 Å². The topological polar surface area (TPSA) is 68.1 Å².